The lowest BCUT2D eigenvalue weighted by Crippen LogP contribution is -2.13. The molecule has 0 radical (unpaired) electrons. The van der Waals surface area contributed by atoms with Gasteiger partial charge in [0.15, 0.2) is 11.6 Å². The van der Waals surface area contributed by atoms with Gasteiger partial charge in [-0.3, -0.25) is 0 Å². The van der Waals surface area contributed by atoms with Crippen molar-refractivity contribution in [3.63, 3.8) is 0 Å². The van der Waals surface area contributed by atoms with Crippen molar-refractivity contribution >= 4 is 10.8 Å². The third-order valence-electron chi connectivity index (χ3n) is 5.01. The molecule has 0 unspecified atom stereocenters. The Balaban J connectivity index is 1.92. The van der Waals surface area contributed by atoms with Gasteiger partial charge in [-0.1, -0.05) is 18.2 Å². The minimum atomic E-state index is -0.750. The highest BCUT2D eigenvalue weighted by atomic mass is 19.2. The van der Waals surface area contributed by atoms with Crippen LogP contribution in [0.25, 0.3) is 10.8 Å². The maximum absolute atomic E-state index is 14.6. The van der Waals surface area contributed by atoms with Crippen molar-refractivity contribution in [3.8, 4) is 5.75 Å². The Labute approximate surface area is 142 Å². The van der Waals surface area contributed by atoms with E-state index in [-0.39, 0.29) is 5.92 Å². The zero-order chi connectivity index (χ0) is 17.1. The predicted molar refractivity (Wildman–Crippen MR) is 94.5 cm³/mol. The molecule has 3 heteroatoms. The minimum absolute atomic E-state index is 0.108. The summed E-state index contributed by atoms with van der Waals surface area (Å²) in [6.45, 7) is 4.40. The van der Waals surface area contributed by atoms with Crippen LogP contribution in [0.4, 0.5) is 8.78 Å². The van der Waals surface area contributed by atoms with Gasteiger partial charge in [0.1, 0.15) is 5.75 Å². The van der Waals surface area contributed by atoms with E-state index in [1.807, 2.05) is 32.0 Å². The van der Waals surface area contributed by atoms with E-state index in [9.17, 15) is 8.78 Å². The largest absolute Gasteiger partial charge is 0.494 e. The van der Waals surface area contributed by atoms with Gasteiger partial charge in [-0.25, -0.2) is 8.78 Å². The zero-order valence-corrected chi connectivity index (χ0v) is 14.3. The van der Waals surface area contributed by atoms with E-state index in [2.05, 4.69) is 12.2 Å². The summed E-state index contributed by atoms with van der Waals surface area (Å²) in [4.78, 5) is 0. The average Bonchev–Trinajstić information content (AvgIpc) is 2.60. The van der Waals surface area contributed by atoms with E-state index in [4.69, 9.17) is 4.74 Å². The third-order valence-corrected chi connectivity index (χ3v) is 5.01. The quantitative estimate of drug-likeness (QED) is 0.592. The van der Waals surface area contributed by atoms with Gasteiger partial charge in [0.25, 0.3) is 0 Å². The van der Waals surface area contributed by atoms with E-state index >= 15 is 0 Å². The highest BCUT2D eigenvalue weighted by molar-refractivity contribution is 5.85. The summed E-state index contributed by atoms with van der Waals surface area (Å²) in [5.41, 5.74) is 0.531. The van der Waals surface area contributed by atoms with Crippen molar-refractivity contribution in [3.05, 3.63) is 53.6 Å². The molecule has 1 saturated carbocycles. The van der Waals surface area contributed by atoms with Gasteiger partial charge in [-0.15, -0.1) is 0 Å². The Morgan fingerprint density at radius 3 is 2.50 bits per heavy atom. The van der Waals surface area contributed by atoms with Gasteiger partial charge < -0.3 is 4.74 Å². The highest BCUT2D eigenvalue weighted by Crippen LogP contribution is 2.39. The number of halogens is 2. The zero-order valence-electron chi connectivity index (χ0n) is 14.3. The van der Waals surface area contributed by atoms with E-state index in [1.54, 1.807) is 6.07 Å². The van der Waals surface area contributed by atoms with Crippen LogP contribution in [0.1, 0.15) is 51.0 Å². The summed E-state index contributed by atoms with van der Waals surface area (Å²) in [5, 5.41) is 1.03. The number of benzene rings is 2. The fraction of sp³-hybridized carbons (Fsp3) is 0.429. The summed E-state index contributed by atoms with van der Waals surface area (Å²) >= 11 is 0. The molecule has 1 fully saturated rings. The van der Waals surface area contributed by atoms with Crippen molar-refractivity contribution < 1.29 is 13.5 Å². The second-order valence-electron chi connectivity index (χ2n) is 6.55. The van der Waals surface area contributed by atoms with Crippen molar-refractivity contribution in [2.75, 3.05) is 6.61 Å². The summed E-state index contributed by atoms with van der Waals surface area (Å²) in [6.07, 6.45) is 8.20. The molecule has 128 valence electrons. The van der Waals surface area contributed by atoms with Crippen LogP contribution in [0.15, 0.2) is 36.4 Å². The minimum Gasteiger partial charge on any atom is -0.494 e. The molecule has 1 nitrogen and oxygen atoms in total. The normalized spacial score (nSPS) is 21.5. The van der Waals surface area contributed by atoms with Gasteiger partial charge in [0.2, 0.25) is 0 Å². The molecule has 2 aromatic rings. The SMILES string of the molecule is C/C=C/C1CCC(c2cc3ccc(OCC)cc3c(F)c2F)CC1. The first-order valence-electron chi connectivity index (χ1n) is 8.81. The Morgan fingerprint density at radius 1 is 1.08 bits per heavy atom. The molecule has 0 spiro atoms. The van der Waals surface area contributed by atoms with E-state index in [0.717, 1.165) is 31.1 Å². The fourth-order valence-electron chi connectivity index (χ4n) is 3.78. The van der Waals surface area contributed by atoms with E-state index in [0.29, 0.717) is 29.2 Å². The molecule has 0 atom stereocenters. The van der Waals surface area contributed by atoms with Crippen molar-refractivity contribution in [2.24, 2.45) is 5.92 Å². The van der Waals surface area contributed by atoms with Crippen molar-refractivity contribution in [1.29, 1.82) is 0 Å². The van der Waals surface area contributed by atoms with Gasteiger partial charge >= 0.3 is 0 Å². The van der Waals surface area contributed by atoms with Crippen LogP contribution >= 0.6 is 0 Å². The Kier molecular flexibility index (Phi) is 5.17. The first-order valence-corrected chi connectivity index (χ1v) is 8.81. The molecule has 3 rings (SSSR count). The Morgan fingerprint density at radius 2 is 1.83 bits per heavy atom. The highest BCUT2D eigenvalue weighted by Gasteiger charge is 2.25. The Bertz CT molecular complexity index is 743. The maximum atomic E-state index is 14.6. The molecule has 0 amide bonds. The van der Waals surface area contributed by atoms with Crippen LogP contribution in [0, 0.1) is 17.6 Å². The molecule has 2 aromatic carbocycles. The molecule has 1 aliphatic rings. The number of rotatable bonds is 4. The smallest absolute Gasteiger partial charge is 0.167 e. The molecular weight excluding hydrogens is 306 g/mol. The summed E-state index contributed by atoms with van der Waals surface area (Å²) in [7, 11) is 0. The molecular formula is C21H24F2O. The number of ether oxygens (including phenoxy) is 1. The van der Waals surface area contributed by atoms with Crippen LogP contribution in [0.2, 0.25) is 0 Å². The lowest BCUT2D eigenvalue weighted by atomic mass is 9.78. The molecule has 0 aliphatic heterocycles. The molecule has 0 aromatic heterocycles. The Hall–Kier alpha value is -1.90. The van der Waals surface area contributed by atoms with Crippen LogP contribution < -0.4 is 4.74 Å². The lowest BCUT2D eigenvalue weighted by Gasteiger charge is -2.27. The number of hydrogen-bond donors (Lipinski definition) is 0. The summed E-state index contributed by atoms with van der Waals surface area (Å²) in [5.74, 6) is -0.182. The molecule has 0 saturated heterocycles. The van der Waals surface area contributed by atoms with Crippen molar-refractivity contribution in [2.45, 2.75) is 45.4 Å². The second kappa shape index (κ2) is 7.33. The third kappa shape index (κ3) is 3.31. The van der Waals surface area contributed by atoms with E-state index in [1.165, 1.54) is 0 Å². The summed E-state index contributed by atoms with van der Waals surface area (Å²) in [6, 6.07) is 7.04. The van der Waals surface area contributed by atoms with Crippen LogP contribution in [0.5, 0.6) is 5.75 Å². The monoisotopic (exact) mass is 330 g/mol. The van der Waals surface area contributed by atoms with Crippen LogP contribution in [0.3, 0.4) is 0 Å². The predicted octanol–water partition coefficient (Wildman–Crippen LogP) is 6.37. The first-order chi connectivity index (χ1) is 11.6. The topological polar surface area (TPSA) is 9.23 Å². The standard InChI is InChI=1S/C21H24F2O/c1-3-5-14-6-8-15(9-7-14)18-12-16-10-11-17(24-4-2)13-19(16)21(23)20(18)22/h3,5,10-15H,4,6-9H2,1-2H3/b5-3+. The van der Waals surface area contributed by atoms with Gasteiger partial charge in [-0.05, 0) is 80.5 Å². The molecule has 1 aliphatic carbocycles. The number of fused-ring (bicyclic) bond motifs is 1. The second-order valence-corrected chi connectivity index (χ2v) is 6.55. The number of allylic oxidation sites excluding steroid dienone is 2. The molecule has 0 bridgehead atoms. The maximum Gasteiger partial charge on any atom is 0.167 e. The van der Waals surface area contributed by atoms with Crippen LogP contribution in [-0.4, -0.2) is 6.61 Å². The van der Waals surface area contributed by atoms with Gasteiger partial charge in [-0.2, -0.15) is 0 Å². The first kappa shape index (κ1) is 16.9. The van der Waals surface area contributed by atoms with Crippen molar-refractivity contribution in [1.82, 2.24) is 0 Å². The lowest BCUT2D eigenvalue weighted by molar-refractivity contribution is 0.340. The van der Waals surface area contributed by atoms with Crippen LogP contribution in [-0.2, 0) is 0 Å². The average molecular weight is 330 g/mol. The molecule has 0 heterocycles. The van der Waals surface area contributed by atoms with Gasteiger partial charge in [0, 0.05) is 5.39 Å². The number of hydrogen-bond acceptors (Lipinski definition) is 1. The van der Waals surface area contributed by atoms with E-state index < -0.39 is 11.6 Å². The molecule has 0 N–H and O–H groups in total. The fourth-order valence-corrected chi connectivity index (χ4v) is 3.78. The molecule has 24 heavy (non-hydrogen) atoms. The summed E-state index contributed by atoms with van der Waals surface area (Å²) < 4.78 is 34.6. The van der Waals surface area contributed by atoms with Gasteiger partial charge in [0.05, 0.1) is 6.61 Å².